The Morgan fingerprint density at radius 2 is 1.93 bits per heavy atom. The second-order valence-corrected chi connectivity index (χ2v) is 7.51. The van der Waals surface area contributed by atoms with E-state index in [1.165, 1.54) is 6.20 Å². The molecule has 0 saturated heterocycles. The molecule has 2 N–H and O–H groups in total. The molecule has 154 valence electrons. The van der Waals surface area contributed by atoms with E-state index in [0.29, 0.717) is 23.3 Å². The maximum absolute atomic E-state index is 12.8. The normalized spacial score (nSPS) is 19.8. The van der Waals surface area contributed by atoms with Crippen LogP contribution in [-0.4, -0.2) is 35.4 Å². The van der Waals surface area contributed by atoms with Gasteiger partial charge in [-0.25, -0.2) is 4.98 Å². The topological polar surface area (TPSA) is 93.2 Å². The van der Waals surface area contributed by atoms with Gasteiger partial charge in [0.1, 0.15) is 0 Å². The smallest absolute Gasteiger partial charge is 0.253 e. The number of nitrogens with one attached hydrogen (secondary N) is 2. The molecule has 0 aromatic carbocycles. The number of nitrogens with zero attached hydrogens (tertiary/aromatic N) is 2. The van der Waals surface area contributed by atoms with Crippen LogP contribution in [0.15, 0.2) is 42.7 Å². The van der Waals surface area contributed by atoms with Gasteiger partial charge in [0, 0.05) is 31.9 Å². The van der Waals surface area contributed by atoms with Gasteiger partial charge in [-0.15, -0.1) is 0 Å². The van der Waals surface area contributed by atoms with Crippen molar-refractivity contribution in [1.29, 1.82) is 0 Å². The average molecular weight is 396 g/mol. The van der Waals surface area contributed by atoms with Gasteiger partial charge < -0.3 is 15.4 Å². The summed E-state index contributed by atoms with van der Waals surface area (Å²) < 4.78 is 5.06. The Morgan fingerprint density at radius 1 is 1.14 bits per heavy atom. The fourth-order valence-electron chi connectivity index (χ4n) is 3.87. The van der Waals surface area contributed by atoms with Crippen LogP contribution in [0.5, 0.6) is 5.88 Å². The summed E-state index contributed by atoms with van der Waals surface area (Å²) in [5, 5.41) is 6.09. The van der Waals surface area contributed by atoms with Crippen molar-refractivity contribution in [2.75, 3.05) is 13.7 Å². The molecule has 7 nitrogen and oxygen atoms in total. The zero-order valence-electron chi connectivity index (χ0n) is 16.9. The highest BCUT2D eigenvalue weighted by Gasteiger charge is 2.30. The van der Waals surface area contributed by atoms with E-state index in [4.69, 9.17) is 4.74 Å². The van der Waals surface area contributed by atoms with Gasteiger partial charge in [-0.05, 0) is 55.7 Å². The quantitative estimate of drug-likeness (QED) is 0.751. The molecular weight excluding hydrogens is 368 g/mol. The summed E-state index contributed by atoms with van der Waals surface area (Å²) in [6.45, 7) is 2.27. The number of pyridine rings is 2. The summed E-state index contributed by atoms with van der Waals surface area (Å²) in [6.07, 6.45) is 7.28. The van der Waals surface area contributed by atoms with Crippen molar-refractivity contribution >= 4 is 11.8 Å². The minimum absolute atomic E-state index is 0.0128. The summed E-state index contributed by atoms with van der Waals surface area (Å²) in [7, 11) is 1.54. The van der Waals surface area contributed by atoms with E-state index < -0.39 is 0 Å². The number of hydrogen-bond acceptors (Lipinski definition) is 5. The molecule has 0 radical (unpaired) electrons. The first kappa shape index (κ1) is 20.8. The lowest BCUT2D eigenvalue weighted by molar-refractivity contribution is -0.119. The van der Waals surface area contributed by atoms with E-state index in [2.05, 4.69) is 20.6 Å². The zero-order chi connectivity index (χ0) is 20.6. The minimum Gasteiger partial charge on any atom is -0.481 e. The van der Waals surface area contributed by atoms with Crippen molar-refractivity contribution in [3.05, 3.63) is 54.0 Å². The Bertz CT molecular complexity index is 803. The van der Waals surface area contributed by atoms with E-state index in [0.717, 1.165) is 37.9 Å². The van der Waals surface area contributed by atoms with Crippen molar-refractivity contribution in [3.63, 3.8) is 0 Å². The number of methoxy groups -OCH3 is 1. The predicted molar refractivity (Wildman–Crippen MR) is 109 cm³/mol. The Balaban J connectivity index is 1.69. The van der Waals surface area contributed by atoms with E-state index in [1.54, 1.807) is 32.4 Å². The first-order chi connectivity index (χ1) is 14.1. The second kappa shape index (κ2) is 10.0. The average Bonchev–Trinajstić information content (AvgIpc) is 2.77. The minimum atomic E-state index is -0.170. The van der Waals surface area contributed by atoms with Gasteiger partial charge in [0.2, 0.25) is 11.8 Å². The number of aromatic nitrogens is 2. The van der Waals surface area contributed by atoms with Crippen LogP contribution in [0, 0.1) is 11.8 Å². The van der Waals surface area contributed by atoms with Crippen LogP contribution < -0.4 is 15.4 Å². The first-order valence-corrected chi connectivity index (χ1v) is 10.0. The molecule has 1 aliphatic rings. The molecule has 1 saturated carbocycles. The third kappa shape index (κ3) is 5.76. The highest BCUT2D eigenvalue weighted by molar-refractivity contribution is 5.94. The molecule has 0 unspecified atom stereocenters. The fourth-order valence-corrected chi connectivity index (χ4v) is 3.87. The highest BCUT2D eigenvalue weighted by atomic mass is 16.5. The van der Waals surface area contributed by atoms with E-state index in [9.17, 15) is 9.59 Å². The lowest BCUT2D eigenvalue weighted by Crippen LogP contribution is -2.37. The number of amides is 2. The SMILES string of the molecule is COc1ccc(C(=O)N[C@@H](c2ccccn2)C2CCC(CNC(C)=O)CC2)cn1. The zero-order valence-corrected chi connectivity index (χ0v) is 16.9. The lowest BCUT2D eigenvalue weighted by atomic mass is 9.77. The third-order valence-electron chi connectivity index (χ3n) is 5.50. The van der Waals surface area contributed by atoms with Crippen LogP contribution in [0.3, 0.4) is 0 Å². The largest absolute Gasteiger partial charge is 0.481 e. The molecule has 2 heterocycles. The molecule has 0 spiro atoms. The van der Waals surface area contributed by atoms with Crippen LogP contribution >= 0.6 is 0 Å². The van der Waals surface area contributed by atoms with Crippen molar-refractivity contribution < 1.29 is 14.3 Å². The number of rotatable bonds is 7. The maximum Gasteiger partial charge on any atom is 0.253 e. The van der Waals surface area contributed by atoms with Gasteiger partial charge in [0.15, 0.2) is 0 Å². The Morgan fingerprint density at radius 3 is 2.52 bits per heavy atom. The summed E-state index contributed by atoms with van der Waals surface area (Å²) in [5.41, 5.74) is 1.36. The van der Waals surface area contributed by atoms with Crippen LogP contribution in [0.4, 0.5) is 0 Å². The molecule has 29 heavy (non-hydrogen) atoms. The van der Waals surface area contributed by atoms with Crippen LogP contribution in [0.1, 0.15) is 54.7 Å². The summed E-state index contributed by atoms with van der Waals surface area (Å²) in [6, 6.07) is 9.01. The van der Waals surface area contributed by atoms with Gasteiger partial charge >= 0.3 is 0 Å². The molecule has 1 fully saturated rings. The summed E-state index contributed by atoms with van der Waals surface area (Å²) >= 11 is 0. The van der Waals surface area contributed by atoms with Crippen LogP contribution in [-0.2, 0) is 4.79 Å². The van der Waals surface area contributed by atoms with E-state index in [1.807, 2.05) is 18.2 Å². The molecule has 2 aromatic rings. The van der Waals surface area contributed by atoms with Gasteiger partial charge in [-0.3, -0.25) is 14.6 Å². The van der Waals surface area contributed by atoms with Gasteiger partial charge in [-0.2, -0.15) is 0 Å². The van der Waals surface area contributed by atoms with Crippen molar-refractivity contribution in [2.24, 2.45) is 11.8 Å². The standard InChI is InChI=1S/C22H28N4O3/c1-15(27)24-13-16-6-8-17(9-7-16)21(19-5-3-4-12-23-19)26-22(28)18-10-11-20(29-2)25-14-18/h3-5,10-12,14,16-17,21H,6-9,13H2,1-2H3,(H,24,27)(H,26,28)/t16?,17?,21-/m1/s1. The Kier molecular flexibility index (Phi) is 7.16. The monoisotopic (exact) mass is 396 g/mol. The maximum atomic E-state index is 12.8. The molecular formula is C22H28N4O3. The Hall–Kier alpha value is -2.96. The van der Waals surface area contributed by atoms with Crippen molar-refractivity contribution in [1.82, 2.24) is 20.6 Å². The molecule has 0 aliphatic heterocycles. The second-order valence-electron chi connectivity index (χ2n) is 7.51. The molecule has 1 aliphatic carbocycles. The molecule has 0 bridgehead atoms. The van der Waals surface area contributed by atoms with E-state index in [-0.39, 0.29) is 17.9 Å². The number of carbonyl (C=O) groups excluding carboxylic acids is 2. The van der Waals surface area contributed by atoms with Crippen LogP contribution in [0.2, 0.25) is 0 Å². The summed E-state index contributed by atoms with van der Waals surface area (Å²) in [4.78, 5) is 32.6. The Labute approximate surface area is 171 Å². The molecule has 2 aromatic heterocycles. The van der Waals surface area contributed by atoms with Crippen molar-refractivity contribution in [3.8, 4) is 5.88 Å². The molecule has 7 heteroatoms. The fraction of sp³-hybridized carbons (Fsp3) is 0.455. The summed E-state index contributed by atoms with van der Waals surface area (Å²) in [5.74, 6) is 1.10. The number of ether oxygens (including phenoxy) is 1. The number of carbonyl (C=O) groups is 2. The van der Waals surface area contributed by atoms with E-state index >= 15 is 0 Å². The van der Waals surface area contributed by atoms with Crippen LogP contribution in [0.25, 0.3) is 0 Å². The molecule has 2 amide bonds. The molecule has 3 rings (SSSR count). The van der Waals surface area contributed by atoms with Gasteiger partial charge in [0.05, 0.1) is 24.4 Å². The lowest BCUT2D eigenvalue weighted by Gasteiger charge is -2.34. The highest BCUT2D eigenvalue weighted by Crippen LogP contribution is 2.36. The first-order valence-electron chi connectivity index (χ1n) is 10.0. The van der Waals surface area contributed by atoms with Gasteiger partial charge in [0.25, 0.3) is 5.91 Å². The number of hydrogen-bond donors (Lipinski definition) is 2. The third-order valence-corrected chi connectivity index (χ3v) is 5.50. The molecule has 1 atom stereocenters. The van der Waals surface area contributed by atoms with Gasteiger partial charge in [-0.1, -0.05) is 6.07 Å². The van der Waals surface area contributed by atoms with Crippen molar-refractivity contribution in [2.45, 2.75) is 38.6 Å². The predicted octanol–water partition coefficient (Wildman–Crippen LogP) is 2.90.